The van der Waals surface area contributed by atoms with Crippen LogP contribution in [0, 0.1) is 0 Å². The third kappa shape index (κ3) is 3.76. The van der Waals surface area contributed by atoms with Crippen molar-refractivity contribution in [3.8, 4) is 22.8 Å². The Hall–Kier alpha value is -3.35. The topological polar surface area (TPSA) is 78.3 Å². The van der Waals surface area contributed by atoms with Crippen LogP contribution in [0.1, 0.15) is 22.5 Å². The molecule has 0 saturated carbocycles. The van der Waals surface area contributed by atoms with Crippen LogP contribution in [0.2, 0.25) is 0 Å². The van der Waals surface area contributed by atoms with E-state index in [-0.39, 0.29) is 5.91 Å². The number of carbonyl (C=O) groups is 1. The number of ether oxygens (including phenoxy) is 2. The fourth-order valence-corrected chi connectivity index (χ4v) is 2.98. The number of nitrogens with zero attached hydrogens (tertiary/aromatic N) is 3. The van der Waals surface area contributed by atoms with Gasteiger partial charge in [0.1, 0.15) is 5.75 Å². The van der Waals surface area contributed by atoms with Gasteiger partial charge in [-0.1, -0.05) is 12.1 Å². The van der Waals surface area contributed by atoms with E-state index < -0.39 is 0 Å². The Balaban J connectivity index is 1.44. The molecule has 0 unspecified atom stereocenters. The Morgan fingerprint density at radius 3 is 2.85 bits per heavy atom. The lowest BCUT2D eigenvalue weighted by Crippen LogP contribution is -2.23. The number of benzene rings is 1. The van der Waals surface area contributed by atoms with Gasteiger partial charge in [0.05, 0.1) is 31.5 Å². The molecule has 2 aromatic heterocycles. The van der Waals surface area contributed by atoms with Gasteiger partial charge >= 0.3 is 0 Å². The molecule has 1 N–H and O–H groups in total. The van der Waals surface area contributed by atoms with Crippen molar-refractivity contribution < 1.29 is 14.3 Å². The van der Waals surface area contributed by atoms with E-state index in [1.165, 1.54) is 0 Å². The van der Waals surface area contributed by atoms with Gasteiger partial charge in [-0.25, -0.2) is 4.68 Å². The van der Waals surface area contributed by atoms with E-state index in [0.717, 1.165) is 41.4 Å². The summed E-state index contributed by atoms with van der Waals surface area (Å²) >= 11 is 0. The first-order valence-corrected chi connectivity index (χ1v) is 8.80. The number of aryl methyl sites for hydroxylation is 1. The summed E-state index contributed by atoms with van der Waals surface area (Å²) in [6, 6.07) is 11.3. The smallest absolute Gasteiger partial charge is 0.253 e. The highest BCUT2D eigenvalue weighted by molar-refractivity contribution is 5.95. The van der Waals surface area contributed by atoms with Gasteiger partial charge in [0.2, 0.25) is 5.88 Å². The zero-order valence-electron chi connectivity index (χ0n) is 15.0. The highest BCUT2D eigenvalue weighted by atomic mass is 16.5. The van der Waals surface area contributed by atoms with Crippen LogP contribution in [0.25, 0.3) is 11.1 Å². The Bertz CT molecular complexity index is 927. The van der Waals surface area contributed by atoms with E-state index in [4.69, 9.17) is 9.47 Å². The maximum atomic E-state index is 12.5. The molecule has 0 spiro atoms. The lowest BCUT2D eigenvalue weighted by molar-refractivity contribution is 0.0950. The van der Waals surface area contributed by atoms with Gasteiger partial charge < -0.3 is 14.8 Å². The van der Waals surface area contributed by atoms with Crippen molar-refractivity contribution in [3.05, 3.63) is 60.0 Å². The van der Waals surface area contributed by atoms with Gasteiger partial charge in [-0.3, -0.25) is 9.78 Å². The minimum absolute atomic E-state index is 0.190. The number of pyridine rings is 1. The minimum Gasteiger partial charge on any atom is -0.497 e. The van der Waals surface area contributed by atoms with Crippen molar-refractivity contribution in [2.75, 3.05) is 13.7 Å². The summed E-state index contributed by atoms with van der Waals surface area (Å²) in [4.78, 5) is 16.7. The van der Waals surface area contributed by atoms with Gasteiger partial charge in [-0.15, -0.1) is 0 Å². The lowest BCUT2D eigenvalue weighted by Gasteiger charge is -2.13. The van der Waals surface area contributed by atoms with Gasteiger partial charge in [0.25, 0.3) is 5.91 Å². The maximum absolute atomic E-state index is 12.5. The van der Waals surface area contributed by atoms with E-state index in [0.29, 0.717) is 18.7 Å². The number of amides is 1. The third-order valence-electron chi connectivity index (χ3n) is 4.41. The largest absolute Gasteiger partial charge is 0.497 e. The van der Waals surface area contributed by atoms with Crippen LogP contribution in [0.15, 0.2) is 48.8 Å². The fraction of sp³-hybridized carbons (Fsp3) is 0.250. The molecular formula is C20H20N4O3. The van der Waals surface area contributed by atoms with E-state index in [1.807, 2.05) is 41.1 Å². The number of hydrogen-bond acceptors (Lipinski definition) is 5. The average molecular weight is 364 g/mol. The highest BCUT2D eigenvalue weighted by Crippen LogP contribution is 2.22. The first kappa shape index (κ1) is 17.1. The minimum atomic E-state index is -0.190. The number of hydrogen-bond donors (Lipinski definition) is 1. The van der Waals surface area contributed by atoms with Gasteiger partial charge in [-0.05, 0) is 23.8 Å². The van der Waals surface area contributed by atoms with Crippen LogP contribution in [0.5, 0.6) is 11.6 Å². The van der Waals surface area contributed by atoms with Crippen LogP contribution < -0.4 is 14.8 Å². The SMILES string of the molecule is COc1ccc(-c2cncc(C(=O)NCc3cc4n(n3)CCCO4)c2)cc1. The first-order valence-electron chi connectivity index (χ1n) is 8.80. The predicted octanol–water partition coefficient (Wildman–Crippen LogP) is 2.67. The number of methoxy groups -OCH3 is 1. The highest BCUT2D eigenvalue weighted by Gasteiger charge is 2.14. The van der Waals surface area contributed by atoms with Crippen molar-refractivity contribution in [1.82, 2.24) is 20.1 Å². The second-order valence-corrected chi connectivity index (χ2v) is 6.27. The molecule has 0 bridgehead atoms. The molecule has 0 radical (unpaired) electrons. The molecule has 0 atom stereocenters. The molecule has 0 fully saturated rings. The summed E-state index contributed by atoms with van der Waals surface area (Å²) in [5, 5.41) is 7.34. The van der Waals surface area contributed by atoms with Crippen molar-refractivity contribution in [2.45, 2.75) is 19.5 Å². The van der Waals surface area contributed by atoms with Crippen molar-refractivity contribution in [1.29, 1.82) is 0 Å². The van der Waals surface area contributed by atoms with Crippen LogP contribution in [0.3, 0.4) is 0 Å². The second-order valence-electron chi connectivity index (χ2n) is 6.27. The normalized spacial score (nSPS) is 12.8. The van der Waals surface area contributed by atoms with E-state index >= 15 is 0 Å². The summed E-state index contributed by atoms with van der Waals surface area (Å²) in [5.41, 5.74) is 3.12. The molecule has 1 amide bonds. The molecule has 7 heteroatoms. The first-order chi connectivity index (χ1) is 13.2. The van der Waals surface area contributed by atoms with E-state index in [1.54, 1.807) is 19.5 Å². The maximum Gasteiger partial charge on any atom is 0.253 e. The Labute approximate surface area is 156 Å². The number of fused-ring (bicyclic) bond motifs is 1. The predicted molar refractivity (Wildman–Crippen MR) is 99.7 cm³/mol. The molecule has 7 nitrogen and oxygen atoms in total. The molecular weight excluding hydrogens is 344 g/mol. The molecule has 27 heavy (non-hydrogen) atoms. The van der Waals surface area contributed by atoms with Gasteiger partial charge in [0, 0.05) is 37.0 Å². The van der Waals surface area contributed by atoms with Gasteiger partial charge in [-0.2, -0.15) is 5.10 Å². The summed E-state index contributed by atoms with van der Waals surface area (Å²) < 4.78 is 12.6. The third-order valence-corrected chi connectivity index (χ3v) is 4.41. The molecule has 4 rings (SSSR count). The van der Waals surface area contributed by atoms with E-state index in [2.05, 4.69) is 15.4 Å². The summed E-state index contributed by atoms with van der Waals surface area (Å²) in [5.74, 6) is 1.35. The summed E-state index contributed by atoms with van der Waals surface area (Å²) in [6.07, 6.45) is 4.24. The Morgan fingerprint density at radius 1 is 1.22 bits per heavy atom. The molecule has 1 aliphatic rings. The van der Waals surface area contributed by atoms with Crippen LogP contribution in [-0.2, 0) is 13.1 Å². The quantitative estimate of drug-likeness (QED) is 0.753. The van der Waals surface area contributed by atoms with Crippen LogP contribution in [-0.4, -0.2) is 34.4 Å². The number of nitrogens with one attached hydrogen (secondary N) is 1. The van der Waals surface area contributed by atoms with E-state index in [9.17, 15) is 4.79 Å². The van der Waals surface area contributed by atoms with Crippen molar-refractivity contribution in [2.24, 2.45) is 0 Å². The standard InChI is InChI=1S/C20H20N4O3/c1-26-18-5-3-14(4-6-18)15-9-16(12-21-11-15)20(25)22-13-17-10-19-24(23-17)7-2-8-27-19/h3-6,9-12H,2,7-8,13H2,1H3,(H,22,25). The summed E-state index contributed by atoms with van der Waals surface area (Å²) in [6.45, 7) is 1.90. The number of carbonyl (C=O) groups excluding carboxylic acids is 1. The average Bonchev–Trinajstić information content (AvgIpc) is 3.15. The Morgan fingerprint density at radius 2 is 2.07 bits per heavy atom. The fourth-order valence-electron chi connectivity index (χ4n) is 2.98. The summed E-state index contributed by atoms with van der Waals surface area (Å²) in [7, 11) is 1.63. The number of rotatable bonds is 5. The lowest BCUT2D eigenvalue weighted by atomic mass is 10.1. The van der Waals surface area contributed by atoms with Crippen LogP contribution in [0.4, 0.5) is 0 Å². The second kappa shape index (κ2) is 7.49. The van der Waals surface area contributed by atoms with Crippen molar-refractivity contribution >= 4 is 5.91 Å². The molecule has 1 aromatic carbocycles. The Kier molecular flexibility index (Phi) is 4.74. The van der Waals surface area contributed by atoms with Crippen molar-refractivity contribution in [3.63, 3.8) is 0 Å². The monoisotopic (exact) mass is 364 g/mol. The molecule has 0 aliphatic carbocycles. The molecule has 1 aliphatic heterocycles. The zero-order valence-corrected chi connectivity index (χ0v) is 15.0. The molecule has 0 saturated heterocycles. The molecule has 3 heterocycles. The van der Waals surface area contributed by atoms with Gasteiger partial charge in [0.15, 0.2) is 0 Å². The van der Waals surface area contributed by atoms with Crippen LogP contribution >= 0.6 is 0 Å². The molecule has 3 aromatic rings. The molecule has 138 valence electrons. The number of aromatic nitrogens is 3. The zero-order chi connectivity index (χ0) is 18.6.